The second-order valence-corrected chi connectivity index (χ2v) is 5.08. The molecule has 0 saturated heterocycles. The predicted octanol–water partition coefficient (Wildman–Crippen LogP) is 4.36. The van der Waals surface area contributed by atoms with Gasteiger partial charge in [-0.15, -0.1) is 0 Å². The van der Waals surface area contributed by atoms with Gasteiger partial charge in [-0.2, -0.15) is 0 Å². The third-order valence-corrected chi connectivity index (χ3v) is 3.13. The number of hydrogen-bond acceptors (Lipinski definition) is 3. The average Bonchev–Trinajstić information content (AvgIpc) is 2.37. The quantitative estimate of drug-likeness (QED) is 0.406. The molecule has 0 saturated carbocycles. The van der Waals surface area contributed by atoms with E-state index in [4.69, 9.17) is 4.74 Å². The van der Waals surface area contributed by atoms with Crippen molar-refractivity contribution in [3.63, 3.8) is 0 Å². The van der Waals surface area contributed by atoms with Crippen LogP contribution in [0.5, 0.6) is 0 Å². The Kier molecular flexibility index (Phi) is 7.65. The van der Waals surface area contributed by atoms with Crippen molar-refractivity contribution in [3.8, 4) is 0 Å². The molecule has 1 rings (SSSR count). The van der Waals surface area contributed by atoms with Crippen LogP contribution < -0.4 is 0 Å². The van der Waals surface area contributed by atoms with Crippen LogP contribution in [-0.2, 0) is 4.74 Å². The fraction of sp³-hybridized carbons (Fsp3) is 0.571. The second-order valence-electron chi connectivity index (χ2n) is 4.27. The summed E-state index contributed by atoms with van der Waals surface area (Å²) >= 11 is 3.23. The topological polar surface area (TPSA) is 39.2 Å². The van der Waals surface area contributed by atoms with Gasteiger partial charge in [0.05, 0.1) is 12.2 Å². The monoisotopic (exact) mass is 313 g/mol. The van der Waals surface area contributed by atoms with Crippen LogP contribution in [0, 0.1) is 0 Å². The van der Waals surface area contributed by atoms with Crippen LogP contribution in [0.4, 0.5) is 0 Å². The van der Waals surface area contributed by atoms with Gasteiger partial charge in [0.25, 0.3) is 0 Å². The molecule has 0 aliphatic heterocycles. The largest absolute Gasteiger partial charge is 0.462 e. The highest BCUT2D eigenvalue weighted by Crippen LogP contribution is 2.10. The van der Waals surface area contributed by atoms with E-state index in [-0.39, 0.29) is 5.97 Å². The number of esters is 1. The molecule has 0 bridgehead atoms. The summed E-state index contributed by atoms with van der Waals surface area (Å²) in [6.07, 6.45) is 8.73. The van der Waals surface area contributed by atoms with Crippen molar-refractivity contribution in [3.05, 3.63) is 28.5 Å². The van der Waals surface area contributed by atoms with Gasteiger partial charge in [0, 0.05) is 6.20 Å². The number of carbonyl (C=O) groups is 1. The molecular weight excluding hydrogens is 294 g/mol. The first-order valence-corrected chi connectivity index (χ1v) is 7.32. The number of unbranched alkanes of at least 4 members (excludes halogenated alkanes) is 5. The van der Waals surface area contributed by atoms with Crippen molar-refractivity contribution in [2.75, 3.05) is 6.61 Å². The normalized spacial score (nSPS) is 10.3. The summed E-state index contributed by atoms with van der Waals surface area (Å²) in [6.45, 7) is 2.71. The molecule has 100 valence electrons. The van der Waals surface area contributed by atoms with Crippen molar-refractivity contribution >= 4 is 21.9 Å². The minimum Gasteiger partial charge on any atom is -0.462 e. The molecule has 0 radical (unpaired) electrons. The summed E-state index contributed by atoms with van der Waals surface area (Å²) in [5, 5.41) is 0. The van der Waals surface area contributed by atoms with Gasteiger partial charge in [-0.1, -0.05) is 39.0 Å². The molecule has 1 aromatic heterocycles. The summed E-state index contributed by atoms with van der Waals surface area (Å²) in [6, 6.07) is 3.33. The molecule has 3 nitrogen and oxygen atoms in total. The van der Waals surface area contributed by atoms with Gasteiger partial charge < -0.3 is 4.74 Å². The van der Waals surface area contributed by atoms with Crippen molar-refractivity contribution in [2.45, 2.75) is 45.4 Å². The molecular formula is C14H20BrNO2. The lowest BCUT2D eigenvalue weighted by atomic mass is 10.1. The third kappa shape index (κ3) is 6.15. The number of hydrogen-bond donors (Lipinski definition) is 0. The molecule has 0 amide bonds. The van der Waals surface area contributed by atoms with Gasteiger partial charge in [0.1, 0.15) is 4.60 Å². The molecule has 0 spiro atoms. The lowest BCUT2D eigenvalue weighted by molar-refractivity contribution is 0.0497. The van der Waals surface area contributed by atoms with Crippen LogP contribution in [0.2, 0.25) is 0 Å². The maximum atomic E-state index is 11.7. The first-order valence-electron chi connectivity index (χ1n) is 6.52. The predicted molar refractivity (Wildman–Crippen MR) is 75.6 cm³/mol. The minimum atomic E-state index is -0.272. The first kappa shape index (κ1) is 15.2. The lowest BCUT2D eigenvalue weighted by Crippen LogP contribution is -2.06. The zero-order valence-corrected chi connectivity index (χ0v) is 12.4. The SMILES string of the molecule is CCCCCCCCOC(=O)c1ccnc(Br)c1. The Bertz CT molecular complexity index is 369. The van der Waals surface area contributed by atoms with Crippen molar-refractivity contribution < 1.29 is 9.53 Å². The highest BCUT2D eigenvalue weighted by Gasteiger charge is 2.07. The van der Waals surface area contributed by atoms with E-state index in [1.165, 1.54) is 25.7 Å². The molecule has 0 aliphatic rings. The zero-order valence-electron chi connectivity index (χ0n) is 10.8. The lowest BCUT2D eigenvalue weighted by Gasteiger charge is -2.05. The van der Waals surface area contributed by atoms with Crippen LogP contribution in [0.25, 0.3) is 0 Å². The van der Waals surface area contributed by atoms with E-state index >= 15 is 0 Å². The fourth-order valence-corrected chi connectivity index (χ4v) is 2.02. The zero-order chi connectivity index (χ0) is 13.2. The summed E-state index contributed by atoms with van der Waals surface area (Å²) in [4.78, 5) is 15.6. The Morgan fingerprint density at radius 3 is 2.72 bits per heavy atom. The van der Waals surface area contributed by atoms with Gasteiger partial charge in [0.15, 0.2) is 0 Å². The highest BCUT2D eigenvalue weighted by atomic mass is 79.9. The Balaban J connectivity index is 2.14. The maximum Gasteiger partial charge on any atom is 0.338 e. The molecule has 0 atom stereocenters. The fourth-order valence-electron chi connectivity index (χ4n) is 1.66. The van der Waals surface area contributed by atoms with Crippen molar-refractivity contribution in [1.82, 2.24) is 4.98 Å². The van der Waals surface area contributed by atoms with Crippen LogP contribution in [-0.4, -0.2) is 17.6 Å². The van der Waals surface area contributed by atoms with E-state index in [2.05, 4.69) is 27.8 Å². The Morgan fingerprint density at radius 1 is 1.28 bits per heavy atom. The number of carbonyl (C=O) groups excluding carboxylic acids is 1. The van der Waals surface area contributed by atoms with Crippen LogP contribution >= 0.6 is 15.9 Å². The van der Waals surface area contributed by atoms with Gasteiger partial charge >= 0.3 is 5.97 Å². The first-order chi connectivity index (χ1) is 8.74. The third-order valence-electron chi connectivity index (χ3n) is 2.69. The summed E-state index contributed by atoms with van der Waals surface area (Å²) in [7, 11) is 0. The van der Waals surface area contributed by atoms with Gasteiger partial charge in [-0.25, -0.2) is 9.78 Å². The molecule has 0 aliphatic carbocycles. The van der Waals surface area contributed by atoms with E-state index in [1.807, 2.05) is 0 Å². The average molecular weight is 314 g/mol. The smallest absolute Gasteiger partial charge is 0.338 e. The highest BCUT2D eigenvalue weighted by molar-refractivity contribution is 9.10. The Hall–Kier alpha value is -0.900. The van der Waals surface area contributed by atoms with Crippen LogP contribution in [0.15, 0.2) is 22.9 Å². The Labute approximate surface area is 117 Å². The summed E-state index contributed by atoms with van der Waals surface area (Å²) in [5.41, 5.74) is 0.544. The summed E-state index contributed by atoms with van der Waals surface area (Å²) in [5.74, 6) is -0.272. The Morgan fingerprint density at radius 2 is 2.00 bits per heavy atom. The molecule has 1 heterocycles. The molecule has 0 aromatic carbocycles. The van der Waals surface area contributed by atoms with E-state index in [1.54, 1.807) is 18.3 Å². The number of pyridine rings is 1. The molecule has 0 fully saturated rings. The van der Waals surface area contributed by atoms with Crippen molar-refractivity contribution in [1.29, 1.82) is 0 Å². The van der Waals surface area contributed by atoms with E-state index in [0.29, 0.717) is 16.8 Å². The molecule has 4 heteroatoms. The van der Waals surface area contributed by atoms with E-state index in [0.717, 1.165) is 12.8 Å². The number of rotatable bonds is 8. The number of aromatic nitrogens is 1. The molecule has 0 N–H and O–H groups in total. The second kappa shape index (κ2) is 9.09. The molecule has 1 aromatic rings. The molecule has 0 unspecified atom stereocenters. The van der Waals surface area contributed by atoms with Crippen molar-refractivity contribution in [2.24, 2.45) is 0 Å². The number of ether oxygens (including phenoxy) is 1. The minimum absolute atomic E-state index is 0.272. The van der Waals surface area contributed by atoms with Gasteiger partial charge in [-0.05, 0) is 34.5 Å². The van der Waals surface area contributed by atoms with Crippen LogP contribution in [0.3, 0.4) is 0 Å². The maximum absolute atomic E-state index is 11.7. The molecule has 18 heavy (non-hydrogen) atoms. The van der Waals surface area contributed by atoms with Gasteiger partial charge in [-0.3, -0.25) is 0 Å². The van der Waals surface area contributed by atoms with E-state index in [9.17, 15) is 4.79 Å². The summed E-state index contributed by atoms with van der Waals surface area (Å²) < 4.78 is 5.85. The van der Waals surface area contributed by atoms with E-state index < -0.39 is 0 Å². The number of nitrogens with zero attached hydrogens (tertiary/aromatic N) is 1. The van der Waals surface area contributed by atoms with Crippen LogP contribution in [0.1, 0.15) is 55.8 Å². The van der Waals surface area contributed by atoms with Gasteiger partial charge in [0.2, 0.25) is 0 Å². The number of halogens is 1. The standard InChI is InChI=1S/C14H20BrNO2/c1-2-3-4-5-6-7-10-18-14(17)12-8-9-16-13(15)11-12/h8-9,11H,2-7,10H2,1H3.